The summed E-state index contributed by atoms with van der Waals surface area (Å²) in [5, 5.41) is 0. The molecule has 1 rings (SSSR count). The van der Waals surface area contributed by atoms with Crippen molar-refractivity contribution >= 4 is 0 Å². The fraction of sp³-hybridized carbons (Fsp3) is 1.00. The first-order valence-corrected chi connectivity index (χ1v) is 3.54. The number of nitrogens with one attached hydrogen (secondary N) is 1. The van der Waals surface area contributed by atoms with Crippen LogP contribution in [0.1, 0.15) is 12.8 Å². The van der Waals surface area contributed by atoms with Crippen LogP contribution in [0.2, 0.25) is 0 Å². The zero-order chi connectivity index (χ0) is 7.56. The quantitative estimate of drug-likeness (QED) is 0.565. The topological polar surface area (TPSA) is 42.3 Å². The Balaban J connectivity index is 2.41. The molecule has 0 amide bonds. The third-order valence-corrected chi connectivity index (χ3v) is 2.05. The predicted molar refractivity (Wildman–Crippen MR) is 37.7 cm³/mol. The van der Waals surface area contributed by atoms with E-state index in [1.807, 2.05) is 0 Å². The second kappa shape index (κ2) is 3.32. The molecule has 10 heavy (non-hydrogen) atoms. The van der Waals surface area contributed by atoms with Gasteiger partial charge >= 0.3 is 0 Å². The largest absolute Gasteiger partial charge is 0.379 e. The molecule has 59 valence electrons. The van der Waals surface area contributed by atoms with Gasteiger partial charge in [-0.1, -0.05) is 0 Å². The molecule has 1 aliphatic rings. The van der Waals surface area contributed by atoms with Crippen molar-refractivity contribution in [1.29, 1.82) is 0 Å². The molecule has 1 saturated carbocycles. The van der Waals surface area contributed by atoms with Gasteiger partial charge in [0.1, 0.15) is 0 Å². The van der Waals surface area contributed by atoms with E-state index in [1.165, 1.54) is 0 Å². The van der Waals surface area contributed by atoms with Crippen molar-refractivity contribution in [3.05, 3.63) is 0 Å². The van der Waals surface area contributed by atoms with Crippen LogP contribution in [-0.4, -0.2) is 32.5 Å². The highest BCUT2D eigenvalue weighted by atomic mass is 16.5. The molecule has 2 atom stereocenters. The summed E-state index contributed by atoms with van der Waals surface area (Å²) in [7, 11) is 3.35. The van der Waals surface area contributed by atoms with E-state index in [0.717, 1.165) is 12.8 Å². The maximum Gasteiger partial charge on any atom is 0.0848 e. The molecule has 0 aromatic rings. The molecule has 1 N–H and O–H groups in total. The van der Waals surface area contributed by atoms with E-state index in [4.69, 9.17) is 15.2 Å². The minimum atomic E-state index is 0.00917. The molecule has 0 heterocycles. The van der Waals surface area contributed by atoms with Crippen molar-refractivity contribution in [2.75, 3.05) is 14.2 Å². The van der Waals surface area contributed by atoms with E-state index < -0.39 is 0 Å². The van der Waals surface area contributed by atoms with E-state index in [-0.39, 0.29) is 18.2 Å². The van der Waals surface area contributed by atoms with Gasteiger partial charge in [-0.25, -0.2) is 0 Å². The van der Waals surface area contributed by atoms with Gasteiger partial charge in [-0.2, -0.15) is 0 Å². The Kier molecular flexibility index (Phi) is 2.65. The van der Waals surface area contributed by atoms with Crippen LogP contribution in [0.3, 0.4) is 0 Å². The van der Waals surface area contributed by atoms with Gasteiger partial charge in [0.15, 0.2) is 0 Å². The highest BCUT2D eigenvalue weighted by Crippen LogP contribution is 2.23. The fourth-order valence-corrected chi connectivity index (χ4v) is 1.46. The standard InChI is InChI=1S/C7H14NO2/c1-9-6-3-5(8)4-7(6)10-2/h5-8H,3-4H2,1-2H3. The van der Waals surface area contributed by atoms with Crippen LogP contribution in [0.25, 0.3) is 0 Å². The molecule has 0 aromatic heterocycles. The van der Waals surface area contributed by atoms with Crippen LogP contribution in [0, 0.1) is 0 Å². The lowest BCUT2D eigenvalue weighted by atomic mass is 10.3. The Morgan fingerprint density at radius 1 is 1.10 bits per heavy atom. The molecule has 2 unspecified atom stereocenters. The molecule has 0 aromatic carbocycles. The van der Waals surface area contributed by atoms with E-state index >= 15 is 0 Å². The summed E-state index contributed by atoms with van der Waals surface area (Å²) in [6, 6.07) is 0.00917. The summed E-state index contributed by atoms with van der Waals surface area (Å²) >= 11 is 0. The maximum atomic E-state index is 7.44. The zero-order valence-electron chi connectivity index (χ0n) is 6.46. The Hall–Kier alpha value is -0.120. The molecule has 3 heteroatoms. The van der Waals surface area contributed by atoms with Crippen molar-refractivity contribution < 1.29 is 9.47 Å². The van der Waals surface area contributed by atoms with E-state index in [9.17, 15) is 0 Å². The minimum Gasteiger partial charge on any atom is -0.379 e. The summed E-state index contributed by atoms with van der Waals surface area (Å²) in [6.45, 7) is 0. The SMILES string of the molecule is COC1CC([NH])CC1OC. The van der Waals surface area contributed by atoms with Crippen LogP contribution < -0.4 is 5.73 Å². The number of hydrogen-bond donors (Lipinski definition) is 0. The van der Waals surface area contributed by atoms with E-state index in [0.29, 0.717) is 0 Å². The Morgan fingerprint density at radius 2 is 1.50 bits per heavy atom. The first-order chi connectivity index (χ1) is 4.77. The number of hydrogen-bond acceptors (Lipinski definition) is 2. The number of ether oxygens (including phenoxy) is 2. The molecule has 0 spiro atoms. The van der Waals surface area contributed by atoms with Gasteiger partial charge in [-0.15, -0.1) is 0 Å². The van der Waals surface area contributed by atoms with Gasteiger partial charge in [0.05, 0.1) is 12.2 Å². The molecule has 1 radical (unpaired) electrons. The number of rotatable bonds is 2. The summed E-state index contributed by atoms with van der Waals surface area (Å²) in [4.78, 5) is 0. The highest BCUT2D eigenvalue weighted by Gasteiger charge is 2.32. The third-order valence-electron chi connectivity index (χ3n) is 2.05. The normalized spacial score (nSPS) is 40.5. The summed E-state index contributed by atoms with van der Waals surface area (Å²) in [5.41, 5.74) is 7.44. The van der Waals surface area contributed by atoms with Gasteiger partial charge in [0.25, 0.3) is 0 Å². The predicted octanol–water partition coefficient (Wildman–Crippen LogP) is 0.462. The molecule has 0 saturated heterocycles. The van der Waals surface area contributed by atoms with Crippen LogP contribution in [0.5, 0.6) is 0 Å². The minimum absolute atomic E-state index is 0.00917. The second-order valence-corrected chi connectivity index (χ2v) is 2.72. The summed E-state index contributed by atoms with van der Waals surface area (Å²) in [6.07, 6.45) is 1.92. The lowest BCUT2D eigenvalue weighted by Gasteiger charge is -2.15. The number of methoxy groups -OCH3 is 2. The molecule has 1 fully saturated rings. The van der Waals surface area contributed by atoms with Crippen LogP contribution in [0.4, 0.5) is 0 Å². The average molecular weight is 144 g/mol. The highest BCUT2D eigenvalue weighted by molar-refractivity contribution is 4.86. The molecular formula is C7H14NO2. The van der Waals surface area contributed by atoms with Gasteiger partial charge in [-0.3, -0.25) is 5.73 Å². The van der Waals surface area contributed by atoms with Crippen molar-refractivity contribution in [1.82, 2.24) is 5.73 Å². The van der Waals surface area contributed by atoms with Gasteiger partial charge in [0.2, 0.25) is 0 Å². The van der Waals surface area contributed by atoms with Crippen molar-refractivity contribution in [3.8, 4) is 0 Å². The lowest BCUT2D eigenvalue weighted by Crippen LogP contribution is -2.23. The average Bonchev–Trinajstić information content (AvgIpc) is 2.30. The van der Waals surface area contributed by atoms with Crippen molar-refractivity contribution in [2.45, 2.75) is 31.1 Å². The first kappa shape index (κ1) is 7.98. The zero-order valence-corrected chi connectivity index (χ0v) is 6.46. The van der Waals surface area contributed by atoms with E-state index in [2.05, 4.69) is 0 Å². The smallest absolute Gasteiger partial charge is 0.0848 e. The van der Waals surface area contributed by atoms with Crippen LogP contribution in [0.15, 0.2) is 0 Å². The first-order valence-electron chi connectivity index (χ1n) is 3.54. The molecule has 0 aliphatic heterocycles. The summed E-state index contributed by atoms with van der Waals surface area (Å²) < 4.78 is 10.3. The Labute approximate surface area is 61.5 Å². The molecule has 3 nitrogen and oxygen atoms in total. The third kappa shape index (κ3) is 1.48. The second-order valence-electron chi connectivity index (χ2n) is 2.72. The monoisotopic (exact) mass is 144 g/mol. The molecule has 0 bridgehead atoms. The van der Waals surface area contributed by atoms with Crippen molar-refractivity contribution in [3.63, 3.8) is 0 Å². The van der Waals surface area contributed by atoms with Crippen molar-refractivity contribution in [2.24, 2.45) is 0 Å². The van der Waals surface area contributed by atoms with Crippen LogP contribution >= 0.6 is 0 Å². The fourth-order valence-electron chi connectivity index (χ4n) is 1.46. The summed E-state index contributed by atoms with van der Waals surface area (Å²) in [5.74, 6) is 0. The molecular weight excluding hydrogens is 130 g/mol. The Bertz CT molecular complexity index is 95.8. The van der Waals surface area contributed by atoms with Gasteiger partial charge in [-0.05, 0) is 12.8 Å². The van der Waals surface area contributed by atoms with Gasteiger partial charge < -0.3 is 9.47 Å². The van der Waals surface area contributed by atoms with Gasteiger partial charge in [0, 0.05) is 20.3 Å². The van der Waals surface area contributed by atoms with E-state index in [1.54, 1.807) is 14.2 Å². The lowest BCUT2D eigenvalue weighted by molar-refractivity contribution is -0.0157. The van der Waals surface area contributed by atoms with Crippen LogP contribution in [-0.2, 0) is 9.47 Å². The Morgan fingerprint density at radius 3 is 1.80 bits per heavy atom. The molecule has 1 aliphatic carbocycles. The maximum absolute atomic E-state index is 7.44.